The molecule has 8 aliphatic heterocycles. The minimum Gasteiger partial charge on any atom is -0.493 e. The molecule has 0 amide bonds. The molecular formula is C71H112O27. The second-order valence-corrected chi connectivity index (χ2v) is 30.3. The molecular weight excluding hydrogens is 1280 g/mol. The van der Waals surface area contributed by atoms with Crippen LogP contribution >= 0.6 is 0 Å². The summed E-state index contributed by atoms with van der Waals surface area (Å²) in [6, 6.07) is 0. The number of carbonyl (C=O) groups excluding carboxylic acids is 2. The zero-order valence-electron chi connectivity index (χ0n) is 60.1. The number of Topliss-reactive ketones (excluding diaryl/α,β-unsaturated/α-hetero) is 1. The monoisotopic (exact) mass is 1400 g/mol. The van der Waals surface area contributed by atoms with Gasteiger partial charge in [0.25, 0.3) is 11.8 Å². The Hall–Kier alpha value is -2.50. The fraction of sp³-hybridized carbons (Fsp3) is 0.915. The molecule has 98 heavy (non-hydrogen) atoms. The van der Waals surface area contributed by atoms with Gasteiger partial charge in [0.1, 0.15) is 42.7 Å². The fourth-order valence-corrected chi connectivity index (χ4v) is 19.2. The number of rotatable bonds is 19. The van der Waals surface area contributed by atoms with Crippen LogP contribution in [0.25, 0.3) is 0 Å². The standard InChI is InChI=1S/C71H112O27/c1-33-25-48(77-12)58(75)66(84-33)92-43-19-22-68(10)42(26-43)17-18-44-45(68)20-23-69(11)46(44)21-24-70(69,76)40(8)90-54-30-51-63(38(6)88-54)98-71(83-32-82-51)31-52(80-15)62(39(7)97-71)94-53-27-47(73)59(35(3)85-53)93-55-28-49(78-13)60(36(4)86-55)95-56-29-50(79-14)61(37(5)87-56)96-67-65(91-41(9)72)64(81-16)57(74)34(2)89-67/h17,25,33-40,43-47,49-57,59-67,73-74,76H,18-24,26-32H2,1-16H3/t33-,34-,35-,36-,37-,38-,39-,40+,43+,44-,45+,46+,47+,49+,50+,51-,52-,53+,54+,55+,56+,57+,59-,60-,61-,62-,63-,64+,65-,66+,67+,68+,69+,70+,71-/m1/s1. The molecule has 0 aromatic carbocycles. The van der Waals surface area contributed by atoms with Gasteiger partial charge in [0.05, 0.1) is 105 Å². The Kier molecular flexibility index (Phi) is 23.4. The van der Waals surface area contributed by atoms with Crippen LogP contribution in [0.3, 0.4) is 0 Å². The lowest BCUT2D eigenvalue weighted by Gasteiger charge is -2.59. The second kappa shape index (κ2) is 30.5. The van der Waals surface area contributed by atoms with Crippen molar-refractivity contribution >= 4 is 11.8 Å². The molecule has 7 saturated heterocycles. The second-order valence-electron chi connectivity index (χ2n) is 30.3. The third-order valence-electron chi connectivity index (χ3n) is 24.5. The number of fused-ring (bicyclic) bond motifs is 6. The van der Waals surface area contributed by atoms with E-state index in [1.54, 1.807) is 34.3 Å². The van der Waals surface area contributed by atoms with Crippen molar-refractivity contribution in [2.75, 3.05) is 42.3 Å². The molecule has 8 heterocycles. The number of aliphatic hydroxyl groups is 3. The molecule has 12 aliphatic rings. The Labute approximate surface area is 576 Å². The number of hydrogen-bond donors (Lipinski definition) is 3. The lowest BCUT2D eigenvalue weighted by molar-refractivity contribution is -0.447. The van der Waals surface area contributed by atoms with Gasteiger partial charge in [-0.05, 0) is 136 Å². The van der Waals surface area contributed by atoms with Crippen molar-refractivity contribution in [3.8, 4) is 0 Å². The molecule has 27 heteroatoms. The van der Waals surface area contributed by atoms with Gasteiger partial charge in [0.2, 0.25) is 6.29 Å². The number of hydrogen-bond acceptors (Lipinski definition) is 27. The highest BCUT2D eigenvalue weighted by atomic mass is 16.9. The highest BCUT2D eigenvalue weighted by Gasteiger charge is 2.67. The molecule has 0 aromatic rings. The van der Waals surface area contributed by atoms with Crippen molar-refractivity contribution in [1.82, 2.24) is 0 Å². The van der Waals surface area contributed by atoms with Crippen molar-refractivity contribution in [3.63, 3.8) is 0 Å². The van der Waals surface area contributed by atoms with E-state index >= 15 is 0 Å². The number of ether oxygens (including phenoxy) is 22. The Morgan fingerprint density at radius 1 is 0.633 bits per heavy atom. The third-order valence-corrected chi connectivity index (χ3v) is 24.5. The smallest absolute Gasteiger partial charge is 0.303 e. The van der Waals surface area contributed by atoms with Gasteiger partial charge in [-0.15, -0.1) is 0 Å². The first-order valence-corrected chi connectivity index (χ1v) is 36.0. The summed E-state index contributed by atoms with van der Waals surface area (Å²) >= 11 is 0. The number of ketones is 1. The Balaban J connectivity index is 0.601. The van der Waals surface area contributed by atoms with Crippen LogP contribution < -0.4 is 0 Å². The van der Waals surface area contributed by atoms with Gasteiger partial charge in [-0.3, -0.25) is 9.59 Å². The van der Waals surface area contributed by atoms with Gasteiger partial charge >= 0.3 is 5.97 Å². The summed E-state index contributed by atoms with van der Waals surface area (Å²) in [5.41, 5.74) is -0.0353. The van der Waals surface area contributed by atoms with Crippen molar-refractivity contribution in [2.45, 2.75) is 343 Å². The zero-order valence-corrected chi connectivity index (χ0v) is 60.1. The zero-order chi connectivity index (χ0) is 70.1. The molecule has 0 aromatic heterocycles. The van der Waals surface area contributed by atoms with E-state index in [4.69, 9.17) is 104 Å². The maximum absolute atomic E-state index is 13.1. The van der Waals surface area contributed by atoms with Crippen LogP contribution in [0.15, 0.2) is 23.5 Å². The minimum absolute atomic E-state index is 0.0105. The normalized spacial score (nSPS) is 50.9. The van der Waals surface area contributed by atoms with Gasteiger partial charge in [0.15, 0.2) is 50.1 Å². The summed E-state index contributed by atoms with van der Waals surface area (Å²) in [7, 11) is 7.67. The van der Waals surface area contributed by atoms with Crippen molar-refractivity contribution in [1.29, 1.82) is 0 Å². The number of aliphatic hydroxyl groups excluding tert-OH is 2. The number of esters is 1. The van der Waals surface area contributed by atoms with E-state index < -0.39 is 177 Å². The molecule has 3 N–H and O–H groups in total. The molecule has 10 fully saturated rings. The van der Waals surface area contributed by atoms with Crippen molar-refractivity contribution in [2.24, 2.45) is 28.6 Å². The first-order chi connectivity index (χ1) is 46.6. The average molecular weight is 1400 g/mol. The lowest BCUT2D eigenvalue weighted by Crippen LogP contribution is -2.62. The summed E-state index contributed by atoms with van der Waals surface area (Å²) in [6.07, 6.45) is -7.16. The maximum Gasteiger partial charge on any atom is 0.303 e. The van der Waals surface area contributed by atoms with E-state index in [0.29, 0.717) is 30.6 Å². The summed E-state index contributed by atoms with van der Waals surface area (Å²) in [5, 5.41) is 35.6. The van der Waals surface area contributed by atoms with Gasteiger partial charge < -0.3 is 120 Å². The largest absolute Gasteiger partial charge is 0.493 e. The van der Waals surface area contributed by atoms with E-state index in [-0.39, 0.29) is 67.1 Å². The van der Waals surface area contributed by atoms with Crippen LogP contribution in [0.2, 0.25) is 0 Å². The Morgan fingerprint density at radius 3 is 1.90 bits per heavy atom. The predicted molar refractivity (Wildman–Crippen MR) is 340 cm³/mol. The SMILES string of the molecule is COC1=C[C@@H](C)O[C@@H](O[C@H]2CC[C@@]3(C)C(=CC[C@@H]4[C@@H]3CC[C@@]3(C)[C@H]4CC[C@]3(O)[C@H](C)O[C@H]3C[C@H]4OCO[C@@]5(C[C@@H](OC)[C@H](O[C@H]6C[C@H](O)[C@H](O[C@H]7C[C@H](OC)[C@H](O[C@H]8C[C@H](OC)[C@H](O[C@@H]9O[C@H](C)[C@H](O)[C@H](OC)[C@H]9OC(C)=O)[C@@H](C)O8)[C@@H](C)O7)[C@@H](C)O6)[C@@H](C)O5)O[C@@H]4[C@@H](C)O3)C2)C1=O. The quantitative estimate of drug-likeness (QED) is 0.0976. The molecule has 12 rings (SSSR count). The molecule has 3 saturated carbocycles. The molecule has 4 aliphatic carbocycles. The molecule has 558 valence electrons. The van der Waals surface area contributed by atoms with Crippen LogP contribution in [-0.2, 0) is 114 Å². The molecule has 35 atom stereocenters. The molecule has 0 bridgehead atoms. The molecule has 0 radical (unpaired) electrons. The van der Waals surface area contributed by atoms with E-state index in [2.05, 4.69) is 19.9 Å². The highest BCUT2D eigenvalue weighted by Crippen LogP contribution is 2.68. The molecule has 27 nitrogen and oxygen atoms in total. The Bertz CT molecular complexity index is 2770. The number of carbonyl (C=O) groups is 2. The van der Waals surface area contributed by atoms with E-state index in [1.807, 2.05) is 48.5 Å². The first-order valence-electron chi connectivity index (χ1n) is 36.0. The van der Waals surface area contributed by atoms with E-state index in [1.165, 1.54) is 26.7 Å². The number of methoxy groups -OCH3 is 5. The van der Waals surface area contributed by atoms with Gasteiger partial charge in [-0.2, -0.15) is 0 Å². The maximum atomic E-state index is 13.1. The van der Waals surface area contributed by atoms with E-state index in [9.17, 15) is 24.9 Å². The minimum atomic E-state index is -1.58. The fourth-order valence-electron chi connectivity index (χ4n) is 19.2. The predicted octanol–water partition coefficient (Wildman–Crippen LogP) is 6.07. The van der Waals surface area contributed by atoms with Gasteiger partial charge in [-0.25, -0.2) is 0 Å². The van der Waals surface area contributed by atoms with Crippen LogP contribution in [0.1, 0.15) is 160 Å². The number of allylic oxidation sites excluding steroid dienone is 1. The van der Waals surface area contributed by atoms with Crippen LogP contribution in [0.4, 0.5) is 0 Å². The van der Waals surface area contributed by atoms with Crippen molar-refractivity contribution in [3.05, 3.63) is 23.5 Å². The lowest BCUT2D eigenvalue weighted by atomic mass is 9.46. The summed E-state index contributed by atoms with van der Waals surface area (Å²) in [5.74, 6) is -0.936. The van der Waals surface area contributed by atoms with Crippen LogP contribution in [0, 0.1) is 28.6 Å². The summed E-state index contributed by atoms with van der Waals surface area (Å²) in [4.78, 5) is 25.2. The average Bonchev–Trinajstić information content (AvgIpc) is 1.45. The van der Waals surface area contributed by atoms with Gasteiger partial charge in [0, 0.05) is 66.5 Å². The topological polar surface area (TPSA) is 298 Å². The first kappa shape index (κ1) is 75.2. The highest BCUT2D eigenvalue weighted by molar-refractivity contribution is 5.96. The summed E-state index contributed by atoms with van der Waals surface area (Å²) < 4.78 is 138. The molecule has 1 spiro atoms. The third kappa shape index (κ3) is 14.7. The van der Waals surface area contributed by atoms with Crippen LogP contribution in [-0.4, -0.2) is 253 Å². The van der Waals surface area contributed by atoms with Gasteiger partial charge in [-0.1, -0.05) is 25.5 Å². The van der Waals surface area contributed by atoms with Crippen LogP contribution in [0.5, 0.6) is 0 Å². The van der Waals surface area contributed by atoms with E-state index in [0.717, 1.165) is 44.9 Å². The summed E-state index contributed by atoms with van der Waals surface area (Å²) in [6.45, 7) is 20.7. The van der Waals surface area contributed by atoms with Crippen molar-refractivity contribution < 1.29 is 129 Å². The Morgan fingerprint density at radius 2 is 1.26 bits per heavy atom. The molecule has 0 unspecified atom stereocenters.